The zero-order valence-electron chi connectivity index (χ0n) is 18.7. The number of nitrogens with zero attached hydrogens (tertiary/aromatic N) is 3. The number of benzene rings is 2. The number of carbonyl (C=O) groups is 2. The molecular weight excluding hydrogens is 506 g/mol. The Morgan fingerprint density at radius 3 is 1.94 bits per heavy atom. The van der Waals surface area contributed by atoms with E-state index in [1.807, 2.05) is 0 Å². The van der Waals surface area contributed by atoms with Gasteiger partial charge in [-0.3, -0.25) is 4.90 Å². The average Bonchev–Trinajstić information content (AvgIpc) is 3.21. The number of rotatable bonds is 3. The molecule has 1 aliphatic heterocycles. The normalized spacial score (nSPS) is 18.3. The third-order valence-corrected chi connectivity index (χ3v) is 5.97. The summed E-state index contributed by atoms with van der Waals surface area (Å²) < 4.78 is 107. The van der Waals surface area contributed by atoms with Crippen LogP contribution in [0.25, 0.3) is 0 Å². The molecule has 1 N–H and O–H groups in total. The molecule has 1 heterocycles. The summed E-state index contributed by atoms with van der Waals surface area (Å²) >= 11 is 0. The molecule has 6 nitrogen and oxygen atoms in total. The first kappa shape index (κ1) is 27.0. The molecule has 0 radical (unpaired) electrons. The lowest BCUT2D eigenvalue weighted by molar-refractivity contribution is -0.143. The molecule has 3 amide bonds. The zero-order chi connectivity index (χ0) is 27.2. The number of amides is 3. The molecule has 1 fully saturated rings. The van der Waals surface area contributed by atoms with Crippen LogP contribution in [-0.2, 0) is 12.4 Å². The highest BCUT2D eigenvalue weighted by Crippen LogP contribution is 2.39. The van der Waals surface area contributed by atoms with Gasteiger partial charge in [-0.15, -0.1) is 0 Å². The highest BCUT2D eigenvalue weighted by Gasteiger charge is 2.43. The van der Waals surface area contributed by atoms with Crippen molar-refractivity contribution in [3.63, 3.8) is 0 Å². The lowest BCUT2D eigenvalue weighted by Crippen LogP contribution is -2.47. The molecule has 0 saturated carbocycles. The summed E-state index contributed by atoms with van der Waals surface area (Å²) in [6, 6.07) is 1.11. The molecule has 0 spiro atoms. The minimum atomic E-state index is -5.13. The highest BCUT2D eigenvalue weighted by atomic mass is 19.4. The second kappa shape index (κ2) is 9.47. The molecule has 36 heavy (non-hydrogen) atoms. The molecule has 196 valence electrons. The molecule has 2 aromatic rings. The summed E-state index contributed by atoms with van der Waals surface area (Å²) in [5.74, 6) is -2.88. The van der Waals surface area contributed by atoms with Gasteiger partial charge in [-0.1, -0.05) is 6.07 Å². The number of urea groups is 1. The predicted octanol–water partition coefficient (Wildman–Crippen LogP) is 5.64. The van der Waals surface area contributed by atoms with Gasteiger partial charge in [0.15, 0.2) is 0 Å². The smallest absolute Gasteiger partial charge is 0.416 e. The van der Waals surface area contributed by atoms with E-state index in [-0.39, 0.29) is 24.7 Å². The second-order valence-electron chi connectivity index (χ2n) is 8.24. The molecule has 1 saturated heterocycles. The van der Waals surface area contributed by atoms with E-state index in [4.69, 9.17) is 0 Å². The van der Waals surface area contributed by atoms with E-state index in [0.29, 0.717) is 23.1 Å². The molecule has 14 heteroatoms. The van der Waals surface area contributed by atoms with Crippen LogP contribution in [0.2, 0.25) is 0 Å². The summed E-state index contributed by atoms with van der Waals surface area (Å²) in [6.45, 7) is -0.616. The first-order valence-corrected chi connectivity index (χ1v) is 10.2. The first-order chi connectivity index (χ1) is 16.5. The van der Waals surface area contributed by atoms with Crippen LogP contribution in [0.15, 0.2) is 36.4 Å². The topological polar surface area (TPSA) is 64.1 Å². The van der Waals surface area contributed by atoms with E-state index in [9.17, 15) is 49.8 Å². The van der Waals surface area contributed by atoms with E-state index in [2.05, 4.69) is 0 Å². The Labute approximate surface area is 199 Å². The Bertz CT molecular complexity index is 1140. The van der Waals surface area contributed by atoms with Gasteiger partial charge in [0.25, 0.3) is 0 Å². The minimum absolute atomic E-state index is 0.0828. The number of likely N-dealkylation sites (tertiary alicyclic amines) is 1. The first-order valence-electron chi connectivity index (χ1n) is 10.2. The van der Waals surface area contributed by atoms with Gasteiger partial charge in [0.2, 0.25) is 0 Å². The van der Waals surface area contributed by atoms with Gasteiger partial charge in [-0.2, -0.15) is 26.3 Å². The number of likely N-dealkylation sites (N-methyl/N-ethyl adjacent to an activating group) is 1. The molecule has 1 aliphatic rings. The van der Waals surface area contributed by atoms with Crippen LogP contribution in [0, 0.1) is 11.6 Å². The Hall–Kier alpha value is -3.58. The third kappa shape index (κ3) is 5.46. The van der Waals surface area contributed by atoms with Crippen molar-refractivity contribution in [2.45, 2.75) is 24.3 Å². The van der Waals surface area contributed by atoms with Crippen LogP contribution < -0.4 is 4.90 Å². The number of anilines is 1. The van der Waals surface area contributed by atoms with Gasteiger partial charge < -0.3 is 14.9 Å². The van der Waals surface area contributed by atoms with Crippen molar-refractivity contribution in [2.24, 2.45) is 0 Å². The van der Waals surface area contributed by atoms with Crippen molar-refractivity contribution in [2.75, 3.05) is 32.1 Å². The number of halogens is 8. The maximum absolute atomic E-state index is 14.5. The van der Waals surface area contributed by atoms with Crippen molar-refractivity contribution < 1.29 is 49.8 Å². The quantitative estimate of drug-likeness (QED) is 0.528. The van der Waals surface area contributed by atoms with Crippen LogP contribution in [0.1, 0.15) is 22.6 Å². The monoisotopic (exact) mass is 525 g/mol. The number of alkyl halides is 6. The maximum atomic E-state index is 14.5. The van der Waals surface area contributed by atoms with Crippen LogP contribution in [-0.4, -0.2) is 60.3 Å². The molecular formula is C22H19F8N3O3. The molecule has 0 unspecified atom stereocenters. The van der Waals surface area contributed by atoms with E-state index in [1.54, 1.807) is 0 Å². The number of carboxylic acid groups (broad SMARTS) is 1. The van der Waals surface area contributed by atoms with Gasteiger partial charge in [0.05, 0.1) is 17.2 Å². The average molecular weight is 525 g/mol. The summed E-state index contributed by atoms with van der Waals surface area (Å²) in [4.78, 5) is 27.0. The van der Waals surface area contributed by atoms with Gasteiger partial charge in [-0.05, 0) is 29.8 Å². The largest absolute Gasteiger partial charge is 0.465 e. The molecule has 3 rings (SSSR count). The number of hydrogen-bond donors (Lipinski definition) is 1. The van der Waals surface area contributed by atoms with Gasteiger partial charge >= 0.3 is 24.5 Å². The fourth-order valence-corrected chi connectivity index (χ4v) is 4.06. The Morgan fingerprint density at radius 1 is 0.917 bits per heavy atom. The van der Waals surface area contributed by atoms with Crippen LogP contribution in [0.4, 0.5) is 50.4 Å². The summed E-state index contributed by atoms with van der Waals surface area (Å²) in [7, 11) is 2.10. The fourth-order valence-electron chi connectivity index (χ4n) is 4.06. The highest BCUT2D eigenvalue weighted by molar-refractivity contribution is 5.92. The third-order valence-electron chi connectivity index (χ3n) is 5.97. The zero-order valence-corrected chi connectivity index (χ0v) is 18.7. The Kier molecular flexibility index (Phi) is 7.10. The van der Waals surface area contributed by atoms with Crippen molar-refractivity contribution in [3.8, 4) is 0 Å². The predicted molar refractivity (Wildman–Crippen MR) is 110 cm³/mol. The molecule has 0 bridgehead atoms. The van der Waals surface area contributed by atoms with Crippen molar-refractivity contribution >= 4 is 17.8 Å². The van der Waals surface area contributed by atoms with Crippen molar-refractivity contribution in [1.82, 2.24) is 9.80 Å². The molecule has 0 aromatic heterocycles. The Morgan fingerprint density at radius 2 is 1.47 bits per heavy atom. The molecule has 2 aromatic carbocycles. The van der Waals surface area contributed by atoms with Gasteiger partial charge in [0, 0.05) is 44.9 Å². The lowest BCUT2D eigenvalue weighted by Gasteiger charge is -2.33. The molecule has 0 aliphatic carbocycles. The summed E-state index contributed by atoms with van der Waals surface area (Å²) in [5.41, 5.74) is -4.07. The van der Waals surface area contributed by atoms with Gasteiger partial charge in [0.1, 0.15) is 11.6 Å². The lowest BCUT2D eigenvalue weighted by atomic mass is 9.93. The fraction of sp³-hybridized carbons (Fsp3) is 0.364. The summed E-state index contributed by atoms with van der Waals surface area (Å²) in [6.07, 6.45) is -11.7. The maximum Gasteiger partial charge on any atom is 0.416 e. The number of carbonyl (C=O) groups excluding carboxylic acids is 1. The SMILES string of the molecule is CN(C(=O)N(C)[C@@H]1CN(C(=O)O)C[C@H]1c1ccc(F)cc1F)c1cc(C(F)(F)F)cc(C(F)(F)F)c1. The van der Waals surface area contributed by atoms with E-state index in [1.165, 1.54) is 0 Å². The number of hydrogen-bond acceptors (Lipinski definition) is 2. The summed E-state index contributed by atoms with van der Waals surface area (Å²) in [5, 5.41) is 9.38. The van der Waals surface area contributed by atoms with Crippen molar-refractivity contribution in [1.29, 1.82) is 0 Å². The van der Waals surface area contributed by atoms with Crippen LogP contribution in [0.3, 0.4) is 0 Å². The van der Waals surface area contributed by atoms with Crippen LogP contribution >= 0.6 is 0 Å². The van der Waals surface area contributed by atoms with Crippen LogP contribution in [0.5, 0.6) is 0 Å². The van der Waals surface area contributed by atoms with E-state index in [0.717, 1.165) is 36.0 Å². The molecule has 2 atom stereocenters. The van der Waals surface area contributed by atoms with E-state index < -0.39 is 64.9 Å². The Balaban J connectivity index is 1.98. The minimum Gasteiger partial charge on any atom is -0.465 e. The van der Waals surface area contributed by atoms with Crippen molar-refractivity contribution in [3.05, 3.63) is 64.7 Å². The standard InChI is InChI=1S/C22H19F8N3O3/c1-31(14-6-11(21(25,26)27)5-12(7-14)22(28,29)30)19(34)32(2)18-10-33(20(35)36)9-16(18)15-4-3-13(23)8-17(15)24/h3-8,16,18H,9-10H2,1-2H3,(H,35,36)/t16-,18+/m0/s1. The van der Waals surface area contributed by atoms with Gasteiger partial charge in [-0.25, -0.2) is 18.4 Å². The van der Waals surface area contributed by atoms with E-state index >= 15 is 0 Å². The second-order valence-corrected chi connectivity index (χ2v) is 8.24.